The van der Waals surface area contributed by atoms with E-state index in [9.17, 15) is 8.42 Å². The van der Waals surface area contributed by atoms with Gasteiger partial charge in [0.2, 0.25) is 10.0 Å². The van der Waals surface area contributed by atoms with Gasteiger partial charge in [0.1, 0.15) is 0 Å². The molecule has 2 aliphatic rings. The van der Waals surface area contributed by atoms with Crippen LogP contribution >= 0.6 is 0 Å². The van der Waals surface area contributed by atoms with E-state index in [0.29, 0.717) is 4.90 Å². The Morgan fingerprint density at radius 3 is 2.63 bits per heavy atom. The van der Waals surface area contributed by atoms with Crippen LogP contribution in [0.15, 0.2) is 23.1 Å². The van der Waals surface area contributed by atoms with E-state index < -0.39 is 10.0 Å². The van der Waals surface area contributed by atoms with E-state index in [1.54, 1.807) is 12.1 Å². The van der Waals surface area contributed by atoms with E-state index in [1.807, 2.05) is 6.07 Å². The fraction of sp³-hybridized carbons (Fsp3) is 0.571. The highest BCUT2D eigenvalue weighted by atomic mass is 32.2. The van der Waals surface area contributed by atoms with Crippen LogP contribution in [0.1, 0.15) is 49.3 Å². The fourth-order valence-electron chi connectivity index (χ4n) is 3.11. The Morgan fingerprint density at radius 1 is 1.16 bits per heavy atom. The summed E-state index contributed by atoms with van der Waals surface area (Å²) in [5.41, 5.74) is 8.19. The lowest BCUT2D eigenvalue weighted by atomic mass is 10.1. The Hall–Kier alpha value is -0.910. The molecule has 2 aliphatic carbocycles. The lowest BCUT2D eigenvalue weighted by Gasteiger charge is -2.14. The van der Waals surface area contributed by atoms with Gasteiger partial charge in [0.25, 0.3) is 0 Å². The molecule has 0 amide bonds. The van der Waals surface area contributed by atoms with Crippen molar-refractivity contribution in [3.8, 4) is 0 Å². The lowest BCUT2D eigenvalue weighted by molar-refractivity contribution is 0.552. The summed E-state index contributed by atoms with van der Waals surface area (Å²) in [4.78, 5) is 0.357. The van der Waals surface area contributed by atoms with Gasteiger partial charge >= 0.3 is 0 Å². The second-order valence-corrected chi connectivity index (χ2v) is 7.32. The number of hydrogen-bond acceptors (Lipinski definition) is 3. The zero-order valence-electron chi connectivity index (χ0n) is 10.9. The number of fused-ring (bicyclic) bond motifs is 1. The number of sulfonamides is 1. The summed E-state index contributed by atoms with van der Waals surface area (Å²) in [6, 6.07) is 5.45. The molecule has 0 aliphatic heterocycles. The molecule has 0 unspecified atom stereocenters. The van der Waals surface area contributed by atoms with Crippen LogP contribution < -0.4 is 10.5 Å². The zero-order chi connectivity index (χ0) is 13.5. The molecule has 5 heteroatoms. The SMILES string of the molecule is N[C@@H]1CCc2ccc(S(=O)(=O)NC3CCCC3)cc21. The van der Waals surface area contributed by atoms with Crippen LogP contribution in [0.3, 0.4) is 0 Å². The molecule has 1 saturated carbocycles. The third-order valence-corrected chi connectivity index (χ3v) is 5.75. The molecule has 1 fully saturated rings. The molecule has 0 radical (unpaired) electrons. The third kappa shape index (κ3) is 2.55. The minimum atomic E-state index is -3.39. The van der Waals surface area contributed by atoms with E-state index in [-0.39, 0.29) is 12.1 Å². The van der Waals surface area contributed by atoms with Crippen molar-refractivity contribution in [3.05, 3.63) is 29.3 Å². The molecule has 1 aromatic rings. The highest BCUT2D eigenvalue weighted by Crippen LogP contribution is 2.31. The number of nitrogens with two attached hydrogens (primary N) is 1. The maximum atomic E-state index is 12.3. The number of nitrogens with one attached hydrogen (secondary N) is 1. The molecule has 1 atom stereocenters. The molecule has 3 N–H and O–H groups in total. The van der Waals surface area contributed by atoms with E-state index in [1.165, 1.54) is 5.56 Å². The first-order valence-corrected chi connectivity index (χ1v) is 8.45. The van der Waals surface area contributed by atoms with Crippen molar-refractivity contribution >= 4 is 10.0 Å². The van der Waals surface area contributed by atoms with Gasteiger partial charge in [-0.05, 0) is 48.9 Å². The minimum absolute atomic E-state index is 0.0170. The van der Waals surface area contributed by atoms with Crippen molar-refractivity contribution in [2.75, 3.05) is 0 Å². The van der Waals surface area contributed by atoms with E-state index >= 15 is 0 Å². The molecular formula is C14H20N2O2S. The van der Waals surface area contributed by atoms with Crippen LogP contribution in [-0.2, 0) is 16.4 Å². The van der Waals surface area contributed by atoms with E-state index in [2.05, 4.69) is 4.72 Å². The van der Waals surface area contributed by atoms with Crippen molar-refractivity contribution < 1.29 is 8.42 Å². The minimum Gasteiger partial charge on any atom is -0.324 e. The quantitative estimate of drug-likeness (QED) is 0.887. The van der Waals surface area contributed by atoms with Gasteiger partial charge in [-0.3, -0.25) is 0 Å². The predicted molar refractivity (Wildman–Crippen MR) is 74.3 cm³/mol. The Balaban J connectivity index is 1.87. The average Bonchev–Trinajstić information content (AvgIpc) is 2.99. The average molecular weight is 280 g/mol. The molecule has 0 bridgehead atoms. The highest BCUT2D eigenvalue weighted by molar-refractivity contribution is 7.89. The molecule has 19 heavy (non-hydrogen) atoms. The monoisotopic (exact) mass is 280 g/mol. The van der Waals surface area contributed by atoms with Gasteiger partial charge in [0.05, 0.1) is 4.90 Å². The molecular weight excluding hydrogens is 260 g/mol. The Kier molecular flexibility index (Phi) is 3.37. The third-order valence-electron chi connectivity index (χ3n) is 4.23. The summed E-state index contributed by atoms with van der Waals surface area (Å²) in [6.45, 7) is 0. The largest absolute Gasteiger partial charge is 0.324 e. The summed E-state index contributed by atoms with van der Waals surface area (Å²) in [6.07, 6.45) is 5.99. The smallest absolute Gasteiger partial charge is 0.240 e. The molecule has 1 aromatic carbocycles. The summed E-state index contributed by atoms with van der Waals surface area (Å²) in [5, 5.41) is 0. The Bertz CT molecular complexity index is 577. The van der Waals surface area contributed by atoms with Gasteiger partial charge in [-0.2, -0.15) is 0 Å². The van der Waals surface area contributed by atoms with Crippen molar-refractivity contribution in [2.45, 2.75) is 55.5 Å². The maximum absolute atomic E-state index is 12.3. The van der Waals surface area contributed by atoms with Crippen LogP contribution in [-0.4, -0.2) is 14.5 Å². The van der Waals surface area contributed by atoms with Crippen LogP contribution in [0.2, 0.25) is 0 Å². The lowest BCUT2D eigenvalue weighted by Crippen LogP contribution is -2.32. The second-order valence-electron chi connectivity index (χ2n) is 5.61. The number of hydrogen-bond donors (Lipinski definition) is 2. The van der Waals surface area contributed by atoms with Gasteiger partial charge < -0.3 is 5.73 Å². The van der Waals surface area contributed by atoms with Gasteiger partial charge in [-0.1, -0.05) is 18.9 Å². The molecule has 0 heterocycles. The molecule has 0 aromatic heterocycles. The van der Waals surface area contributed by atoms with Crippen molar-refractivity contribution in [3.63, 3.8) is 0 Å². The van der Waals surface area contributed by atoms with Gasteiger partial charge in [-0.25, -0.2) is 13.1 Å². The van der Waals surface area contributed by atoms with E-state index in [0.717, 1.165) is 44.1 Å². The highest BCUT2D eigenvalue weighted by Gasteiger charge is 2.25. The number of benzene rings is 1. The number of rotatable bonds is 3. The van der Waals surface area contributed by atoms with Crippen molar-refractivity contribution in [1.82, 2.24) is 4.72 Å². The first-order valence-electron chi connectivity index (χ1n) is 6.97. The first kappa shape index (κ1) is 13.1. The molecule has 4 nitrogen and oxygen atoms in total. The topological polar surface area (TPSA) is 72.2 Å². The van der Waals surface area contributed by atoms with Crippen LogP contribution in [0.4, 0.5) is 0 Å². The Labute approximate surface area is 114 Å². The number of aryl methyl sites for hydroxylation is 1. The molecule has 0 saturated heterocycles. The van der Waals surface area contributed by atoms with Crippen LogP contribution in [0.5, 0.6) is 0 Å². The van der Waals surface area contributed by atoms with Gasteiger partial charge in [0.15, 0.2) is 0 Å². The first-order chi connectivity index (χ1) is 9.06. The van der Waals surface area contributed by atoms with Crippen molar-refractivity contribution in [1.29, 1.82) is 0 Å². The molecule has 104 valence electrons. The summed E-state index contributed by atoms with van der Waals surface area (Å²) < 4.78 is 27.5. The maximum Gasteiger partial charge on any atom is 0.240 e. The standard InChI is InChI=1S/C14H20N2O2S/c15-14-8-6-10-5-7-12(9-13(10)14)19(17,18)16-11-3-1-2-4-11/h5,7,9,11,14,16H,1-4,6,8,15H2/t14-/m1/s1. The van der Waals surface area contributed by atoms with Gasteiger partial charge in [-0.15, -0.1) is 0 Å². The fourth-order valence-corrected chi connectivity index (χ4v) is 4.45. The summed E-state index contributed by atoms with van der Waals surface area (Å²) >= 11 is 0. The van der Waals surface area contributed by atoms with E-state index in [4.69, 9.17) is 5.73 Å². The summed E-state index contributed by atoms with van der Waals surface area (Å²) in [5.74, 6) is 0. The zero-order valence-corrected chi connectivity index (χ0v) is 11.7. The summed E-state index contributed by atoms with van der Waals surface area (Å²) in [7, 11) is -3.39. The Morgan fingerprint density at radius 2 is 1.89 bits per heavy atom. The molecule has 0 spiro atoms. The predicted octanol–water partition coefficient (Wildman–Crippen LogP) is 1.85. The van der Waals surface area contributed by atoms with Crippen molar-refractivity contribution in [2.24, 2.45) is 5.73 Å². The molecule has 3 rings (SSSR count). The normalized spacial score (nSPS) is 23.7. The second kappa shape index (κ2) is 4.89. The van der Waals surface area contributed by atoms with Crippen LogP contribution in [0, 0.1) is 0 Å². The van der Waals surface area contributed by atoms with Gasteiger partial charge in [0, 0.05) is 12.1 Å². The van der Waals surface area contributed by atoms with Crippen LogP contribution in [0.25, 0.3) is 0 Å².